The Labute approximate surface area is 108 Å². The summed E-state index contributed by atoms with van der Waals surface area (Å²) >= 11 is 0. The van der Waals surface area contributed by atoms with E-state index in [2.05, 4.69) is 56.0 Å². The number of rotatable bonds is 2. The number of benzene rings is 2. The van der Waals surface area contributed by atoms with E-state index in [0.717, 1.165) is 5.75 Å². The van der Waals surface area contributed by atoms with E-state index < -0.39 is 0 Å². The second kappa shape index (κ2) is 4.34. The highest BCUT2D eigenvalue weighted by Crippen LogP contribution is 2.42. The van der Waals surface area contributed by atoms with E-state index in [9.17, 15) is 0 Å². The predicted octanol–water partition coefficient (Wildman–Crippen LogP) is 4.07. The van der Waals surface area contributed by atoms with Gasteiger partial charge in [-0.2, -0.15) is 0 Å². The van der Waals surface area contributed by atoms with Gasteiger partial charge in [-0.3, -0.25) is 0 Å². The largest absolute Gasteiger partial charge is 0.485 e. The van der Waals surface area contributed by atoms with Crippen LogP contribution in [-0.4, -0.2) is 6.10 Å². The lowest BCUT2D eigenvalue weighted by molar-refractivity contribution is 0.268. The molecule has 0 aliphatic carbocycles. The maximum absolute atomic E-state index is 5.96. The molecule has 0 saturated heterocycles. The Morgan fingerprint density at radius 3 is 2.61 bits per heavy atom. The molecular formula is C17H16O. The fourth-order valence-corrected chi connectivity index (χ4v) is 2.62. The lowest BCUT2D eigenvalue weighted by atomic mass is 9.87. The van der Waals surface area contributed by atoms with Gasteiger partial charge in [0.2, 0.25) is 0 Å². The van der Waals surface area contributed by atoms with Crippen molar-refractivity contribution in [3.8, 4) is 5.75 Å². The summed E-state index contributed by atoms with van der Waals surface area (Å²) in [6.45, 7) is 6.01. The number of hydrogen-bond donors (Lipinski definition) is 0. The molecule has 0 fully saturated rings. The van der Waals surface area contributed by atoms with Crippen LogP contribution in [0.2, 0.25) is 0 Å². The normalized spacial score (nSPS) is 21.2. The van der Waals surface area contributed by atoms with Gasteiger partial charge < -0.3 is 4.74 Å². The van der Waals surface area contributed by atoms with E-state index in [1.165, 1.54) is 16.7 Å². The van der Waals surface area contributed by atoms with Crippen molar-refractivity contribution in [1.82, 2.24) is 0 Å². The van der Waals surface area contributed by atoms with Gasteiger partial charge in [0.15, 0.2) is 0 Å². The van der Waals surface area contributed by atoms with E-state index in [-0.39, 0.29) is 12.0 Å². The average molecular weight is 236 g/mol. The van der Waals surface area contributed by atoms with Gasteiger partial charge in [0.1, 0.15) is 11.9 Å². The molecular weight excluding hydrogens is 220 g/mol. The summed E-state index contributed by atoms with van der Waals surface area (Å²) in [5.74, 6) is 1.25. The van der Waals surface area contributed by atoms with Crippen LogP contribution in [0.15, 0.2) is 61.2 Å². The number of fused-ring (bicyclic) bond motifs is 1. The van der Waals surface area contributed by atoms with Crippen molar-refractivity contribution in [2.75, 3.05) is 0 Å². The minimum Gasteiger partial charge on any atom is -0.485 e. The van der Waals surface area contributed by atoms with E-state index in [1.54, 1.807) is 0 Å². The molecule has 1 heterocycles. The molecule has 0 amide bonds. The Kier molecular flexibility index (Phi) is 2.67. The van der Waals surface area contributed by atoms with Gasteiger partial charge in [-0.05, 0) is 18.6 Å². The number of ether oxygens (including phenoxy) is 1. The number of hydrogen-bond acceptors (Lipinski definition) is 1. The van der Waals surface area contributed by atoms with Crippen molar-refractivity contribution in [3.05, 3.63) is 77.9 Å². The molecule has 1 aliphatic rings. The third kappa shape index (κ3) is 1.72. The van der Waals surface area contributed by atoms with Crippen LogP contribution in [0.3, 0.4) is 0 Å². The Hall–Kier alpha value is -2.02. The van der Waals surface area contributed by atoms with Crippen molar-refractivity contribution in [3.63, 3.8) is 0 Å². The molecule has 2 aromatic rings. The molecule has 0 aromatic heterocycles. The fraction of sp³-hybridized carbons (Fsp3) is 0.176. The highest BCUT2D eigenvalue weighted by molar-refractivity contribution is 5.49. The zero-order valence-electron chi connectivity index (χ0n) is 10.5. The maximum atomic E-state index is 5.96. The van der Waals surface area contributed by atoms with Crippen LogP contribution in [0, 0.1) is 6.92 Å². The first-order chi connectivity index (χ1) is 8.79. The van der Waals surface area contributed by atoms with Crippen molar-refractivity contribution < 1.29 is 4.74 Å². The smallest absolute Gasteiger partial charge is 0.128 e. The molecule has 0 N–H and O–H groups in total. The van der Waals surface area contributed by atoms with E-state index >= 15 is 0 Å². The summed E-state index contributed by atoms with van der Waals surface area (Å²) in [7, 11) is 0. The van der Waals surface area contributed by atoms with Crippen molar-refractivity contribution in [1.29, 1.82) is 0 Å². The third-order valence-corrected chi connectivity index (χ3v) is 3.48. The second-order valence-corrected chi connectivity index (χ2v) is 4.75. The summed E-state index contributed by atoms with van der Waals surface area (Å²) in [5, 5.41) is 0. The second-order valence-electron chi connectivity index (χ2n) is 4.75. The molecule has 3 rings (SSSR count). The predicted molar refractivity (Wildman–Crippen MR) is 74.1 cm³/mol. The first-order valence-corrected chi connectivity index (χ1v) is 6.24. The highest BCUT2D eigenvalue weighted by Gasteiger charge is 2.33. The van der Waals surface area contributed by atoms with Crippen LogP contribution in [0.4, 0.5) is 0 Å². The molecule has 0 spiro atoms. The van der Waals surface area contributed by atoms with Gasteiger partial charge in [0.25, 0.3) is 0 Å². The van der Waals surface area contributed by atoms with Gasteiger partial charge >= 0.3 is 0 Å². The Morgan fingerprint density at radius 2 is 1.89 bits per heavy atom. The van der Waals surface area contributed by atoms with Crippen LogP contribution in [0.25, 0.3) is 0 Å². The molecule has 18 heavy (non-hydrogen) atoms. The molecule has 1 aliphatic heterocycles. The van der Waals surface area contributed by atoms with Crippen molar-refractivity contribution in [2.45, 2.75) is 18.9 Å². The standard InChI is InChI=1S/C17H16O/c1-3-15-17(13-7-5-4-6-8-13)14-11-12(2)9-10-16(14)18-15/h3-11,15,17H,1H2,2H3. The zero-order valence-corrected chi connectivity index (χ0v) is 10.5. The Morgan fingerprint density at radius 1 is 1.11 bits per heavy atom. The molecule has 2 atom stereocenters. The molecule has 2 aromatic carbocycles. The number of aryl methyl sites for hydroxylation is 1. The van der Waals surface area contributed by atoms with Gasteiger partial charge in [-0.15, -0.1) is 0 Å². The van der Waals surface area contributed by atoms with Crippen molar-refractivity contribution in [2.24, 2.45) is 0 Å². The monoisotopic (exact) mass is 236 g/mol. The molecule has 2 unspecified atom stereocenters. The molecule has 90 valence electrons. The van der Waals surface area contributed by atoms with E-state index in [4.69, 9.17) is 4.74 Å². The van der Waals surface area contributed by atoms with Gasteiger partial charge in [0, 0.05) is 5.56 Å². The summed E-state index contributed by atoms with van der Waals surface area (Å²) in [6.07, 6.45) is 1.93. The van der Waals surface area contributed by atoms with E-state index in [1.807, 2.05) is 12.1 Å². The SMILES string of the molecule is C=CC1Oc2ccc(C)cc2C1c1ccccc1. The minimum absolute atomic E-state index is 0.0317. The van der Waals surface area contributed by atoms with Gasteiger partial charge in [-0.1, -0.05) is 60.7 Å². The first-order valence-electron chi connectivity index (χ1n) is 6.24. The zero-order chi connectivity index (χ0) is 12.5. The van der Waals surface area contributed by atoms with E-state index in [0.29, 0.717) is 0 Å². The molecule has 1 nitrogen and oxygen atoms in total. The summed E-state index contributed by atoms with van der Waals surface area (Å²) in [6, 6.07) is 16.9. The lowest BCUT2D eigenvalue weighted by Crippen LogP contribution is -2.16. The first kappa shape index (κ1) is 11.1. The summed E-state index contributed by atoms with van der Waals surface area (Å²) in [5.41, 5.74) is 3.82. The minimum atomic E-state index is 0.0317. The summed E-state index contributed by atoms with van der Waals surface area (Å²) < 4.78 is 5.96. The van der Waals surface area contributed by atoms with Gasteiger partial charge in [0.05, 0.1) is 5.92 Å². The summed E-state index contributed by atoms with van der Waals surface area (Å²) in [4.78, 5) is 0. The third-order valence-electron chi connectivity index (χ3n) is 3.48. The van der Waals surface area contributed by atoms with Crippen molar-refractivity contribution >= 4 is 0 Å². The molecule has 0 radical (unpaired) electrons. The molecule has 0 saturated carbocycles. The van der Waals surface area contributed by atoms with Crippen LogP contribution < -0.4 is 4.74 Å². The fourth-order valence-electron chi connectivity index (χ4n) is 2.62. The van der Waals surface area contributed by atoms with Crippen LogP contribution >= 0.6 is 0 Å². The quantitative estimate of drug-likeness (QED) is 0.714. The molecule has 1 heteroatoms. The average Bonchev–Trinajstić information content (AvgIpc) is 2.77. The van der Waals surface area contributed by atoms with Gasteiger partial charge in [-0.25, -0.2) is 0 Å². The van der Waals surface area contributed by atoms with Crippen LogP contribution in [0.1, 0.15) is 22.6 Å². The van der Waals surface area contributed by atoms with Crippen LogP contribution in [-0.2, 0) is 0 Å². The van der Waals surface area contributed by atoms with Crippen LogP contribution in [0.5, 0.6) is 5.75 Å². The highest BCUT2D eigenvalue weighted by atomic mass is 16.5. The molecule has 0 bridgehead atoms. The maximum Gasteiger partial charge on any atom is 0.128 e. The lowest BCUT2D eigenvalue weighted by Gasteiger charge is -2.16. The Bertz CT molecular complexity index is 571. The topological polar surface area (TPSA) is 9.23 Å². The Balaban J connectivity index is 2.13.